The van der Waals surface area contributed by atoms with Gasteiger partial charge in [0.1, 0.15) is 11.6 Å². The van der Waals surface area contributed by atoms with Gasteiger partial charge in [-0.25, -0.2) is 4.98 Å². The fraction of sp³-hybridized carbons (Fsp3) is 0.100. The van der Waals surface area contributed by atoms with E-state index in [1.54, 1.807) is 43.7 Å². The molecule has 1 aromatic heterocycles. The van der Waals surface area contributed by atoms with Crippen molar-refractivity contribution in [3.05, 3.63) is 96.1 Å². The lowest BCUT2D eigenvalue weighted by molar-refractivity contribution is 0.102. The van der Waals surface area contributed by atoms with Gasteiger partial charge in [-0.2, -0.15) is 0 Å². The molecule has 5 rings (SSSR count). The molecule has 8 nitrogen and oxygen atoms in total. The number of H-pyrrole nitrogens is 1. The molecule has 0 atom stereocenters. The van der Waals surface area contributed by atoms with Gasteiger partial charge in [-0.3, -0.25) is 9.79 Å². The zero-order valence-corrected chi connectivity index (χ0v) is 21.4. The predicted molar refractivity (Wildman–Crippen MR) is 155 cm³/mol. The first kappa shape index (κ1) is 24.6. The summed E-state index contributed by atoms with van der Waals surface area (Å²) >= 11 is 0. The van der Waals surface area contributed by atoms with Crippen molar-refractivity contribution in [3.63, 3.8) is 0 Å². The normalized spacial score (nSPS) is 11.1. The van der Waals surface area contributed by atoms with Gasteiger partial charge in [-0.05, 0) is 90.5 Å². The van der Waals surface area contributed by atoms with Gasteiger partial charge in [0.25, 0.3) is 5.91 Å². The highest BCUT2D eigenvalue weighted by molar-refractivity contribution is 6.06. The summed E-state index contributed by atoms with van der Waals surface area (Å²) in [7, 11) is 5.63. The van der Waals surface area contributed by atoms with E-state index in [0.717, 1.165) is 39.4 Å². The number of nitrogens with two attached hydrogens (primary N) is 1. The molecule has 0 aliphatic heterocycles. The number of imidazole rings is 1. The first-order valence-electron chi connectivity index (χ1n) is 12.1. The Morgan fingerprint density at radius 1 is 1.00 bits per heavy atom. The van der Waals surface area contributed by atoms with E-state index in [2.05, 4.69) is 20.3 Å². The number of methoxy groups -OCH3 is 1. The van der Waals surface area contributed by atoms with E-state index in [-0.39, 0.29) is 5.91 Å². The topological polar surface area (TPSA) is 109 Å². The Balaban J connectivity index is 1.32. The highest BCUT2D eigenvalue weighted by Crippen LogP contribution is 2.27. The average Bonchev–Trinajstić information content (AvgIpc) is 3.37. The molecule has 4 N–H and O–H groups in total. The summed E-state index contributed by atoms with van der Waals surface area (Å²) < 4.78 is 5.18. The lowest BCUT2D eigenvalue weighted by atomic mass is 10.1. The third-order valence-corrected chi connectivity index (χ3v) is 6.16. The monoisotopic (exact) mass is 504 g/mol. The van der Waals surface area contributed by atoms with Crippen molar-refractivity contribution in [3.8, 4) is 17.1 Å². The molecule has 0 aliphatic carbocycles. The maximum absolute atomic E-state index is 13.0. The zero-order valence-electron chi connectivity index (χ0n) is 21.4. The van der Waals surface area contributed by atoms with Crippen molar-refractivity contribution in [1.82, 2.24) is 9.97 Å². The van der Waals surface area contributed by atoms with Crippen LogP contribution in [-0.4, -0.2) is 43.3 Å². The van der Waals surface area contributed by atoms with Crippen molar-refractivity contribution in [2.75, 3.05) is 37.2 Å². The standard InChI is InChI=1S/C30H28N6O2/c1-36(2)23-10-6-20(7-11-23)29-34-26-15-8-21(16-28(26)35-29)30(37)33-22-9-14-25(31)27(17-22)32-18-19-4-12-24(38-3)13-5-19/h4-18H,31H2,1-3H3,(H,33,37)(H,34,35). The number of carbonyl (C=O) groups is 1. The average molecular weight is 505 g/mol. The highest BCUT2D eigenvalue weighted by atomic mass is 16.5. The number of rotatable bonds is 7. The molecule has 0 bridgehead atoms. The molecule has 1 amide bonds. The van der Waals surface area contributed by atoms with Gasteiger partial charge in [-0.1, -0.05) is 0 Å². The van der Waals surface area contributed by atoms with Gasteiger partial charge in [0.2, 0.25) is 0 Å². The Bertz CT molecular complexity index is 1620. The van der Waals surface area contributed by atoms with Gasteiger partial charge in [0.15, 0.2) is 0 Å². The number of hydrogen-bond acceptors (Lipinski definition) is 6. The predicted octanol–water partition coefficient (Wildman–Crippen LogP) is 5.89. The number of hydrogen-bond donors (Lipinski definition) is 3. The Morgan fingerprint density at radius 3 is 2.47 bits per heavy atom. The van der Waals surface area contributed by atoms with Crippen LogP contribution < -0.4 is 20.7 Å². The van der Waals surface area contributed by atoms with E-state index in [1.807, 2.05) is 73.6 Å². The second kappa shape index (κ2) is 10.5. The van der Waals surface area contributed by atoms with E-state index < -0.39 is 0 Å². The van der Waals surface area contributed by atoms with Crippen LogP contribution in [0.4, 0.5) is 22.7 Å². The first-order valence-corrected chi connectivity index (χ1v) is 12.1. The molecule has 0 saturated heterocycles. The van der Waals surface area contributed by atoms with Crippen LogP contribution in [0.1, 0.15) is 15.9 Å². The maximum atomic E-state index is 13.0. The molecule has 0 fully saturated rings. The number of benzene rings is 4. The molecule has 0 aliphatic rings. The second-order valence-electron chi connectivity index (χ2n) is 9.02. The lowest BCUT2D eigenvalue weighted by Gasteiger charge is -2.11. The Kier molecular flexibility index (Phi) is 6.78. The number of aliphatic imine (C=N–C) groups is 1. The van der Waals surface area contributed by atoms with Crippen LogP contribution in [0.25, 0.3) is 22.4 Å². The number of fused-ring (bicyclic) bond motifs is 1. The number of nitrogens with zero attached hydrogens (tertiary/aromatic N) is 3. The third kappa shape index (κ3) is 5.34. The summed E-state index contributed by atoms with van der Waals surface area (Å²) in [4.78, 5) is 27.6. The molecule has 0 saturated carbocycles. The first-order chi connectivity index (χ1) is 18.4. The molecule has 5 aromatic rings. The number of ether oxygens (including phenoxy) is 1. The Hall–Kier alpha value is -5.11. The van der Waals surface area contributed by atoms with Crippen LogP contribution in [0.15, 0.2) is 89.9 Å². The van der Waals surface area contributed by atoms with Crippen molar-refractivity contribution in [2.45, 2.75) is 0 Å². The van der Waals surface area contributed by atoms with Gasteiger partial charge in [-0.15, -0.1) is 0 Å². The van der Waals surface area contributed by atoms with Crippen LogP contribution in [-0.2, 0) is 0 Å². The highest BCUT2D eigenvalue weighted by Gasteiger charge is 2.12. The number of aromatic amines is 1. The van der Waals surface area contributed by atoms with E-state index in [9.17, 15) is 4.79 Å². The lowest BCUT2D eigenvalue weighted by Crippen LogP contribution is -2.11. The summed E-state index contributed by atoms with van der Waals surface area (Å²) in [6.45, 7) is 0. The van der Waals surface area contributed by atoms with E-state index >= 15 is 0 Å². The fourth-order valence-corrected chi connectivity index (χ4v) is 3.98. The van der Waals surface area contributed by atoms with Gasteiger partial charge < -0.3 is 25.7 Å². The SMILES string of the molecule is COc1ccc(C=Nc2cc(NC(=O)c3ccc4nc(-c5ccc(N(C)C)cc5)[nH]c4c3)ccc2N)cc1. The number of amides is 1. The van der Waals surface area contributed by atoms with Crippen molar-refractivity contribution in [2.24, 2.45) is 4.99 Å². The van der Waals surface area contributed by atoms with Crippen LogP contribution in [0, 0.1) is 0 Å². The van der Waals surface area contributed by atoms with Crippen molar-refractivity contribution >= 4 is 45.9 Å². The maximum Gasteiger partial charge on any atom is 0.255 e. The number of carbonyl (C=O) groups excluding carboxylic acids is 1. The number of nitrogen functional groups attached to an aromatic ring is 1. The largest absolute Gasteiger partial charge is 0.497 e. The minimum atomic E-state index is -0.242. The molecule has 4 aromatic carbocycles. The summed E-state index contributed by atoms with van der Waals surface area (Å²) in [5.74, 6) is 1.28. The van der Waals surface area contributed by atoms with Crippen molar-refractivity contribution < 1.29 is 9.53 Å². The van der Waals surface area contributed by atoms with Crippen molar-refractivity contribution in [1.29, 1.82) is 0 Å². The minimum absolute atomic E-state index is 0.242. The summed E-state index contributed by atoms with van der Waals surface area (Å²) in [6, 6.07) is 26.3. The van der Waals surface area contributed by atoms with Gasteiger partial charge in [0.05, 0.1) is 29.5 Å². The van der Waals surface area contributed by atoms with E-state index in [4.69, 9.17) is 10.5 Å². The van der Waals surface area contributed by atoms with Gasteiger partial charge >= 0.3 is 0 Å². The van der Waals surface area contributed by atoms with Crippen LogP contribution in [0.3, 0.4) is 0 Å². The molecule has 190 valence electrons. The third-order valence-electron chi connectivity index (χ3n) is 6.16. The quantitative estimate of drug-likeness (QED) is 0.189. The molecule has 8 heteroatoms. The second-order valence-corrected chi connectivity index (χ2v) is 9.02. The van der Waals surface area contributed by atoms with Crippen LogP contribution >= 0.6 is 0 Å². The zero-order chi connectivity index (χ0) is 26.6. The molecule has 1 heterocycles. The smallest absolute Gasteiger partial charge is 0.255 e. The Morgan fingerprint density at radius 2 is 1.76 bits per heavy atom. The van der Waals surface area contributed by atoms with Gasteiger partial charge in [0, 0.05) is 42.8 Å². The van der Waals surface area contributed by atoms with E-state index in [0.29, 0.717) is 22.6 Å². The number of aromatic nitrogens is 2. The minimum Gasteiger partial charge on any atom is -0.497 e. The van der Waals surface area contributed by atoms with Crippen LogP contribution in [0.5, 0.6) is 5.75 Å². The number of anilines is 3. The van der Waals surface area contributed by atoms with Crippen LogP contribution in [0.2, 0.25) is 0 Å². The molecule has 0 spiro atoms. The molecule has 38 heavy (non-hydrogen) atoms. The molecule has 0 radical (unpaired) electrons. The Labute approximate surface area is 220 Å². The summed E-state index contributed by atoms with van der Waals surface area (Å²) in [5, 5.41) is 2.94. The molecular weight excluding hydrogens is 476 g/mol. The molecule has 0 unspecified atom stereocenters. The number of nitrogens with one attached hydrogen (secondary N) is 2. The summed E-state index contributed by atoms with van der Waals surface area (Å²) in [6.07, 6.45) is 1.72. The van der Waals surface area contributed by atoms with E-state index in [1.165, 1.54) is 0 Å². The fourth-order valence-electron chi connectivity index (χ4n) is 3.98. The molecular formula is C30H28N6O2. The summed E-state index contributed by atoms with van der Waals surface area (Å²) in [5.41, 5.74) is 12.9.